The average molecular weight is 527 g/mol. The van der Waals surface area contributed by atoms with E-state index in [2.05, 4.69) is 20.4 Å². The van der Waals surface area contributed by atoms with Crippen LogP contribution < -0.4 is 4.74 Å². The average Bonchev–Trinajstić information content (AvgIpc) is 2.93. The van der Waals surface area contributed by atoms with Crippen LogP contribution in [-0.4, -0.2) is 0 Å². The second-order valence-electron chi connectivity index (χ2n) is 11.7. The van der Waals surface area contributed by atoms with E-state index in [1.165, 1.54) is 12.8 Å². The third-order valence-electron chi connectivity index (χ3n) is 9.05. The van der Waals surface area contributed by atoms with Gasteiger partial charge in [-0.2, -0.15) is 0 Å². The lowest BCUT2D eigenvalue weighted by Gasteiger charge is -2.31. The molecule has 0 N–H and O–H groups in total. The van der Waals surface area contributed by atoms with Crippen LogP contribution in [0.1, 0.15) is 126 Å². The van der Waals surface area contributed by atoms with Gasteiger partial charge in [0.2, 0.25) is 0 Å². The molecule has 0 heterocycles. The molecule has 0 aromatic heterocycles. The lowest BCUT2D eigenvalue weighted by molar-refractivity contribution is 0.266. The van der Waals surface area contributed by atoms with E-state index < -0.39 is 11.6 Å². The minimum absolute atomic E-state index is 0.0120. The summed E-state index contributed by atoms with van der Waals surface area (Å²) in [6, 6.07) is 8.87. The zero-order valence-electron chi connectivity index (χ0n) is 23.3. The van der Waals surface area contributed by atoms with Crippen LogP contribution in [0.25, 0.3) is 0 Å². The molecule has 4 heteroatoms. The molecule has 208 valence electrons. The Hall–Kier alpha value is -2.23. The largest absolute Gasteiger partial charge is 0.459 e. The number of allylic oxidation sites excluding steroid dienone is 1. The number of hydrogen-bond donors (Lipinski definition) is 0. The summed E-state index contributed by atoms with van der Waals surface area (Å²) in [5.74, 6) is 0.0680. The quantitative estimate of drug-likeness (QED) is 0.209. The monoisotopic (exact) mass is 526 g/mol. The van der Waals surface area contributed by atoms with Gasteiger partial charge in [0.15, 0.2) is 23.2 Å². The smallest absolute Gasteiger partial charge is 0.165 e. The fraction of sp³-hybridized carbons (Fsp3) is 0.588. The minimum atomic E-state index is -0.655. The van der Waals surface area contributed by atoms with Crippen LogP contribution >= 0.6 is 0 Å². The van der Waals surface area contributed by atoms with Crippen LogP contribution in [-0.2, 0) is 6.42 Å². The van der Waals surface area contributed by atoms with Gasteiger partial charge in [0.05, 0.1) is 0 Å². The van der Waals surface area contributed by atoms with Crippen molar-refractivity contribution in [3.63, 3.8) is 0 Å². The van der Waals surface area contributed by atoms with Gasteiger partial charge in [0.1, 0.15) is 5.76 Å². The molecule has 0 spiro atoms. The van der Waals surface area contributed by atoms with Crippen molar-refractivity contribution in [1.29, 1.82) is 0 Å². The molecule has 0 aliphatic heterocycles. The van der Waals surface area contributed by atoms with Crippen molar-refractivity contribution in [2.24, 2.45) is 11.8 Å². The van der Waals surface area contributed by atoms with Crippen molar-refractivity contribution in [1.82, 2.24) is 0 Å². The molecule has 2 fully saturated rings. The number of aryl methyl sites for hydroxylation is 1. The van der Waals surface area contributed by atoms with E-state index in [0.717, 1.165) is 88.5 Å². The van der Waals surface area contributed by atoms with Gasteiger partial charge in [-0.15, -0.1) is 0 Å². The summed E-state index contributed by atoms with van der Waals surface area (Å²) in [7, 11) is 0. The standard InChI is InChI=1S/C34H45F3O/c1-4-6-7-9-25-12-21-32(31(35)22-25)38-23(3)26-15-17-28(18-16-26)30-20-19-29(33(36)34(30)37)27-13-10-24(8-5-2)11-14-27/h12,19-22,24,26-28H,3-11,13-18H2,1-2H3. The lowest BCUT2D eigenvalue weighted by Crippen LogP contribution is -2.19. The van der Waals surface area contributed by atoms with Crippen LogP contribution in [0.15, 0.2) is 42.7 Å². The molecule has 4 rings (SSSR count). The molecule has 0 saturated heterocycles. The second-order valence-corrected chi connectivity index (χ2v) is 11.7. The summed E-state index contributed by atoms with van der Waals surface area (Å²) in [5, 5.41) is 0. The van der Waals surface area contributed by atoms with Gasteiger partial charge >= 0.3 is 0 Å². The maximum atomic E-state index is 15.3. The summed E-state index contributed by atoms with van der Waals surface area (Å²) in [4.78, 5) is 0. The highest BCUT2D eigenvalue weighted by atomic mass is 19.2. The SMILES string of the molecule is C=C(Oc1ccc(CCCCC)cc1F)C1CCC(c2ccc(C3CCC(CCC)CC3)c(F)c2F)CC1. The highest BCUT2D eigenvalue weighted by Crippen LogP contribution is 2.43. The Morgan fingerprint density at radius 1 is 0.789 bits per heavy atom. The van der Waals surface area contributed by atoms with Crippen molar-refractivity contribution in [2.45, 2.75) is 116 Å². The molecule has 1 nitrogen and oxygen atoms in total. The number of unbranched alkanes of at least 4 members (excludes halogenated alkanes) is 2. The van der Waals surface area contributed by atoms with Crippen LogP contribution in [0.5, 0.6) is 5.75 Å². The Labute approximate surface area is 227 Å². The van der Waals surface area contributed by atoms with E-state index in [0.29, 0.717) is 16.9 Å². The van der Waals surface area contributed by atoms with Crippen molar-refractivity contribution >= 4 is 0 Å². The van der Waals surface area contributed by atoms with Crippen LogP contribution in [0.3, 0.4) is 0 Å². The van der Waals surface area contributed by atoms with Crippen molar-refractivity contribution in [3.05, 3.63) is 76.8 Å². The maximum absolute atomic E-state index is 15.3. The van der Waals surface area contributed by atoms with Gasteiger partial charge in [-0.25, -0.2) is 13.2 Å². The van der Waals surface area contributed by atoms with Gasteiger partial charge in [-0.3, -0.25) is 0 Å². The van der Waals surface area contributed by atoms with E-state index >= 15 is 8.78 Å². The Bertz CT molecular complexity index is 1060. The molecule has 0 unspecified atom stereocenters. The first kappa shape index (κ1) is 28.8. The first-order valence-corrected chi connectivity index (χ1v) is 15.0. The molecular formula is C34H45F3O. The molecule has 2 aromatic carbocycles. The topological polar surface area (TPSA) is 9.23 Å². The number of ether oxygens (including phenoxy) is 1. The molecule has 2 aromatic rings. The third kappa shape index (κ3) is 7.04. The summed E-state index contributed by atoms with van der Waals surface area (Å²) in [6.45, 7) is 8.45. The fourth-order valence-electron chi connectivity index (χ4n) is 6.69. The van der Waals surface area contributed by atoms with Crippen molar-refractivity contribution in [2.75, 3.05) is 0 Å². The predicted octanol–water partition coefficient (Wildman–Crippen LogP) is 10.8. The first-order valence-electron chi connectivity index (χ1n) is 15.0. The van der Waals surface area contributed by atoms with E-state index in [1.54, 1.807) is 12.1 Å². The molecule has 0 amide bonds. The molecule has 38 heavy (non-hydrogen) atoms. The number of rotatable bonds is 11. The van der Waals surface area contributed by atoms with Crippen LogP contribution in [0.2, 0.25) is 0 Å². The van der Waals surface area contributed by atoms with Gasteiger partial charge in [0, 0.05) is 5.92 Å². The van der Waals surface area contributed by atoms with E-state index in [-0.39, 0.29) is 29.3 Å². The Balaban J connectivity index is 1.31. The van der Waals surface area contributed by atoms with Gasteiger partial charge in [0.25, 0.3) is 0 Å². The zero-order chi connectivity index (χ0) is 27.1. The fourth-order valence-corrected chi connectivity index (χ4v) is 6.69. The molecule has 0 atom stereocenters. The molecule has 2 aliphatic rings. The predicted molar refractivity (Wildman–Crippen MR) is 150 cm³/mol. The van der Waals surface area contributed by atoms with Crippen molar-refractivity contribution < 1.29 is 17.9 Å². The zero-order valence-corrected chi connectivity index (χ0v) is 23.3. The normalized spacial score (nSPS) is 23.8. The molecule has 0 radical (unpaired) electrons. The first-order chi connectivity index (χ1) is 18.4. The van der Waals surface area contributed by atoms with Crippen LogP contribution in [0, 0.1) is 29.3 Å². The Morgan fingerprint density at radius 2 is 1.39 bits per heavy atom. The number of hydrogen-bond acceptors (Lipinski definition) is 1. The van der Waals surface area contributed by atoms with Gasteiger partial charge in [-0.05, 0) is 111 Å². The number of benzene rings is 2. The minimum Gasteiger partial charge on any atom is -0.459 e. The summed E-state index contributed by atoms with van der Waals surface area (Å²) >= 11 is 0. The van der Waals surface area contributed by atoms with Crippen LogP contribution in [0.4, 0.5) is 13.2 Å². The Kier molecular flexibility index (Phi) is 10.4. The highest BCUT2D eigenvalue weighted by Gasteiger charge is 2.30. The molecule has 2 saturated carbocycles. The van der Waals surface area contributed by atoms with Gasteiger partial charge < -0.3 is 4.74 Å². The van der Waals surface area contributed by atoms with Crippen molar-refractivity contribution in [3.8, 4) is 5.75 Å². The highest BCUT2D eigenvalue weighted by molar-refractivity contribution is 5.33. The van der Waals surface area contributed by atoms with E-state index in [4.69, 9.17) is 4.74 Å². The summed E-state index contributed by atoms with van der Waals surface area (Å²) < 4.78 is 50.9. The van der Waals surface area contributed by atoms with E-state index in [9.17, 15) is 4.39 Å². The molecule has 2 aliphatic carbocycles. The third-order valence-corrected chi connectivity index (χ3v) is 9.05. The van der Waals surface area contributed by atoms with E-state index in [1.807, 2.05) is 18.2 Å². The summed E-state index contributed by atoms with van der Waals surface area (Å²) in [6.07, 6.45) is 13.8. The Morgan fingerprint density at radius 3 is 1.95 bits per heavy atom. The number of halogens is 3. The maximum Gasteiger partial charge on any atom is 0.165 e. The summed E-state index contributed by atoms with van der Waals surface area (Å²) in [5.41, 5.74) is 2.05. The molecular weight excluding hydrogens is 481 g/mol. The lowest BCUT2D eigenvalue weighted by atomic mass is 9.75. The second kappa shape index (κ2) is 13.7. The molecule has 0 bridgehead atoms. The van der Waals surface area contributed by atoms with Gasteiger partial charge in [-0.1, -0.05) is 64.3 Å².